The van der Waals surface area contributed by atoms with Gasteiger partial charge in [0.1, 0.15) is 11.4 Å². The van der Waals surface area contributed by atoms with Gasteiger partial charge in [-0.05, 0) is 23.8 Å². The van der Waals surface area contributed by atoms with E-state index < -0.39 is 11.9 Å². The third-order valence-electron chi connectivity index (χ3n) is 4.32. The molecule has 3 aromatic rings. The molecule has 3 aromatic heterocycles. The first-order valence-corrected chi connectivity index (χ1v) is 8.37. The molecule has 0 bridgehead atoms. The van der Waals surface area contributed by atoms with E-state index >= 15 is 0 Å². The molecule has 0 amide bonds. The molecule has 0 atom stereocenters. The standard InChI is InChI=1S/C18H16F3N5O/c19-18(20,21)16-11-24-17(25-16)15-8-12(1-2-23-15)13-7-14(10-22-9-13)26-3-5-27-6-4-26/h1-2,7-11H,3-6H2,(H,24,25). The molecule has 1 aliphatic rings. The number of pyridine rings is 2. The summed E-state index contributed by atoms with van der Waals surface area (Å²) in [5.41, 5.74) is 2.06. The molecule has 6 nitrogen and oxygen atoms in total. The third-order valence-corrected chi connectivity index (χ3v) is 4.32. The number of alkyl halides is 3. The first-order chi connectivity index (χ1) is 13.0. The van der Waals surface area contributed by atoms with Crippen molar-refractivity contribution in [1.82, 2.24) is 19.9 Å². The van der Waals surface area contributed by atoms with Crippen LogP contribution in [0, 0.1) is 0 Å². The Bertz CT molecular complexity index is 934. The fourth-order valence-electron chi connectivity index (χ4n) is 2.92. The van der Waals surface area contributed by atoms with Crippen LogP contribution >= 0.6 is 0 Å². The molecule has 27 heavy (non-hydrogen) atoms. The van der Waals surface area contributed by atoms with Gasteiger partial charge in [0.25, 0.3) is 0 Å². The van der Waals surface area contributed by atoms with Crippen molar-refractivity contribution >= 4 is 5.69 Å². The second-order valence-electron chi connectivity index (χ2n) is 6.10. The van der Waals surface area contributed by atoms with Crippen LogP contribution in [-0.4, -0.2) is 46.2 Å². The van der Waals surface area contributed by atoms with Gasteiger partial charge in [0.2, 0.25) is 0 Å². The van der Waals surface area contributed by atoms with E-state index in [0.717, 1.165) is 36.1 Å². The predicted molar refractivity (Wildman–Crippen MR) is 93.1 cm³/mol. The number of imidazole rings is 1. The molecule has 0 radical (unpaired) electrons. The van der Waals surface area contributed by atoms with E-state index in [0.29, 0.717) is 18.9 Å². The fourth-order valence-corrected chi connectivity index (χ4v) is 2.92. The topological polar surface area (TPSA) is 66.9 Å². The Morgan fingerprint density at radius 1 is 1.00 bits per heavy atom. The summed E-state index contributed by atoms with van der Waals surface area (Å²) in [6.45, 7) is 2.92. The van der Waals surface area contributed by atoms with Gasteiger partial charge in [-0.2, -0.15) is 13.2 Å². The van der Waals surface area contributed by atoms with Crippen molar-refractivity contribution in [2.45, 2.75) is 6.18 Å². The highest BCUT2D eigenvalue weighted by Crippen LogP contribution is 2.30. The number of aromatic nitrogens is 4. The Balaban J connectivity index is 1.64. The summed E-state index contributed by atoms with van der Waals surface area (Å²) >= 11 is 0. The molecular weight excluding hydrogens is 359 g/mol. The molecule has 4 heterocycles. The van der Waals surface area contributed by atoms with Crippen LogP contribution in [0.15, 0.2) is 43.0 Å². The Labute approximate surface area is 153 Å². The molecule has 1 saturated heterocycles. The van der Waals surface area contributed by atoms with Gasteiger partial charge in [-0.25, -0.2) is 4.98 Å². The minimum Gasteiger partial charge on any atom is -0.378 e. The molecule has 0 unspecified atom stereocenters. The highest BCUT2D eigenvalue weighted by molar-refractivity contribution is 5.70. The van der Waals surface area contributed by atoms with E-state index in [9.17, 15) is 13.2 Å². The monoisotopic (exact) mass is 375 g/mol. The number of ether oxygens (including phenoxy) is 1. The van der Waals surface area contributed by atoms with Gasteiger partial charge < -0.3 is 14.6 Å². The maximum atomic E-state index is 12.8. The molecule has 0 saturated carbocycles. The lowest BCUT2D eigenvalue weighted by Crippen LogP contribution is -2.36. The zero-order chi connectivity index (χ0) is 18.9. The summed E-state index contributed by atoms with van der Waals surface area (Å²) in [5.74, 6) is 0.0708. The smallest absolute Gasteiger partial charge is 0.378 e. The van der Waals surface area contributed by atoms with Crippen molar-refractivity contribution in [3.8, 4) is 22.6 Å². The Morgan fingerprint density at radius 2 is 1.81 bits per heavy atom. The van der Waals surface area contributed by atoms with Crippen molar-refractivity contribution in [2.24, 2.45) is 0 Å². The lowest BCUT2D eigenvalue weighted by molar-refractivity contribution is -0.140. The van der Waals surface area contributed by atoms with E-state index in [-0.39, 0.29) is 5.82 Å². The zero-order valence-corrected chi connectivity index (χ0v) is 14.2. The fraction of sp³-hybridized carbons (Fsp3) is 0.278. The number of H-pyrrole nitrogens is 1. The number of nitrogens with zero attached hydrogens (tertiary/aromatic N) is 4. The Hall–Kier alpha value is -2.94. The van der Waals surface area contributed by atoms with E-state index in [4.69, 9.17) is 4.74 Å². The number of anilines is 1. The average molecular weight is 375 g/mol. The highest BCUT2D eigenvalue weighted by Gasteiger charge is 2.33. The van der Waals surface area contributed by atoms with Gasteiger partial charge >= 0.3 is 6.18 Å². The van der Waals surface area contributed by atoms with Crippen molar-refractivity contribution in [3.05, 3.63) is 48.7 Å². The predicted octanol–water partition coefficient (Wildman–Crippen LogP) is 3.39. The van der Waals surface area contributed by atoms with Gasteiger partial charge in [-0.3, -0.25) is 9.97 Å². The van der Waals surface area contributed by atoms with Crippen LogP contribution in [0.4, 0.5) is 18.9 Å². The number of aromatic amines is 1. The van der Waals surface area contributed by atoms with E-state index in [2.05, 4.69) is 24.8 Å². The van der Waals surface area contributed by atoms with Crippen LogP contribution in [0.1, 0.15) is 5.69 Å². The molecule has 9 heteroatoms. The summed E-state index contributed by atoms with van der Waals surface area (Å²) in [5, 5.41) is 0. The largest absolute Gasteiger partial charge is 0.432 e. The number of nitrogens with one attached hydrogen (secondary N) is 1. The minimum atomic E-state index is -4.47. The van der Waals surface area contributed by atoms with Crippen LogP contribution < -0.4 is 4.90 Å². The second-order valence-corrected chi connectivity index (χ2v) is 6.10. The van der Waals surface area contributed by atoms with Crippen LogP contribution in [-0.2, 0) is 10.9 Å². The van der Waals surface area contributed by atoms with Crippen molar-refractivity contribution in [3.63, 3.8) is 0 Å². The summed E-state index contributed by atoms with van der Waals surface area (Å²) in [4.78, 5) is 16.7. The van der Waals surface area contributed by atoms with Gasteiger partial charge in [-0.1, -0.05) is 0 Å². The van der Waals surface area contributed by atoms with Gasteiger partial charge in [0.15, 0.2) is 5.82 Å². The first-order valence-electron chi connectivity index (χ1n) is 8.37. The molecule has 140 valence electrons. The van der Waals surface area contributed by atoms with Gasteiger partial charge in [0.05, 0.1) is 31.3 Å². The molecule has 0 aliphatic carbocycles. The summed E-state index contributed by atoms with van der Waals surface area (Å²) < 4.78 is 43.7. The average Bonchev–Trinajstić information content (AvgIpc) is 3.20. The lowest BCUT2D eigenvalue weighted by atomic mass is 10.1. The SMILES string of the molecule is FC(F)(F)c1cnc(-c2cc(-c3cncc(N4CCOCC4)c3)ccn2)[nH]1. The molecule has 1 fully saturated rings. The minimum absolute atomic E-state index is 0.0708. The van der Waals surface area contributed by atoms with Crippen LogP contribution in [0.3, 0.4) is 0 Å². The summed E-state index contributed by atoms with van der Waals surface area (Å²) in [6, 6.07) is 5.48. The number of morpholine rings is 1. The van der Waals surface area contributed by atoms with Crippen LogP contribution in [0.2, 0.25) is 0 Å². The lowest BCUT2D eigenvalue weighted by Gasteiger charge is -2.28. The molecule has 1 N–H and O–H groups in total. The van der Waals surface area contributed by atoms with E-state index in [1.165, 1.54) is 0 Å². The molecule has 0 spiro atoms. The summed E-state index contributed by atoms with van der Waals surface area (Å²) in [7, 11) is 0. The summed E-state index contributed by atoms with van der Waals surface area (Å²) in [6.07, 6.45) is 1.34. The molecule has 1 aliphatic heterocycles. The van der Waals surface area contributed by atoms with E-state index in [1.807, 2.05) is 6.07 Å². The maximum Gasteiger partial charge on any atom is 0.432 e. The van der Waals surface area contributed by atoms with E-state index in [1.54, 1.807) is 30.7 Å². The third kappa shape index (κ3) is 3.77. The number of hydrogen-bond donors (Lipinski definition) is 1. The molecule has 4 rings (SSSR count). The number of halogens is 3. The van der Waals surface area contributed by atoms with Crippen LogP contribution in [0.5, 0.6) is 0 Å². The van der Waals surface area contributed by atoms with Crippen molar-refractivity contribution < 1.29 is 17.9 Å². The zero-order valence-electron chi connectivity index (χ0n) is 14.2. The maximum absolute atomic E-state index is 12.8. The number of rotatable bonds is 3. The van der Waals surface area contributed by atoms with Gasteiger partial charge in [-0.15, -0.1) is 0 Å². The number of hydrogen-bond acceptors (Lipinski definition) is 5. The molecule has 0 aromatic carbocycles. The highest BCUT2D eigenvalue weighted by atomic mass is 19.4. The van der Waals surface area contributed by atoms with Crippen molar-refractivity contribution in [1.29, 1.82) is 0 Å². The molecular formula is C18H16F3N5O. The quantitative estimate of drug-likeness (QED) is 0.760. The Morgan fingerprint density at radius 3 is 2.56 bits per heavy atom. The van der Waals surface area contributed by atoms with Gasteiger partial charge in [0, 0.05) is 31.0 Å². The Kier molecular flexibility index (Phi) is 4.53. The second kappa shape index (κ2) is 6.99. The first kappa shape index (κ1) is 17.5. The normalized spacial score (nSPS) is 15.1. The van der Waals surface area contributed by atoms with Crippen molar-refractivity contribution in [2.75, 3.05) is 31.2 Å². The van der Waals surface area contributed by atoms with Crippen LogP contribution in [0.25, 0.3) is 22.6 Å².